The van der Waals surface area contributed by atoms with Gasteiger partial charge in [-0.3, -0.25) is 14.4 Å². The Hall–Kier alpha value is -3.41. The number of rotatable bonds is 56. The Morgan fingerprint density at radius 2 is 0.534 bits per heavy atom. The maximum Gasteiger partial charge on any atom is 0.306 e. The summed E-state index contributed by atoms with van der Waals surface area (Å²) in [6.07, 6.45) is 80.2. The van der Waals surface area contributed by atoms with Crippen LogP contribution in [0.25, 0.3) is 0 Å². The van der Waals surface area contributed by atoms with Gasteiger partial charge in [-0.15, -0.1) is 0 Å². The number of carbonyl (C=O) groups is 3. The quantitative estimate of drug-likeness (QED) is 0.0261. The molecule has 0 bridgehead atoms. The zero-order valence-corrected chi connectivity index (χ0v) is 48.1. The van der Waals surface area contributed by atoms with Crippen LogP contribution < -0.4 is 0 Å². The molecule has 1 atom stereocenters. The molecule has 6 nitrogen and oxygen atoms in total. The lowest BCUT2D eigenvalue weighted by atomic mass is 10.0. The molecule has 0 aliphatic heterocycles. The van der Waals surface area contributed by atoms with Crippen LogP contribution >= 0.6 is 0 Å². The second-order valence-electron chi connectivity index (χ2n) is 20.6. The Morgan fingerprint density at radius 3 is 0.836 bits per heavy atom. The van der Waals surface area contributed by atoms with Crippen molar-refractivity contribution in [3.8, 4) is 0 Å². The van der Waals surface area contributed by atoms with E-state index in [2.05, 4.69) is 106 Å². The first-order valence-electron chi connectivity index (χ1n) is 31.1. The zero-order chi connectivity index (χ0) is 52.9. The second kappa shape index (κ2) is 61.1. The highest BCUT2D eigenvalue weighted by Crippen LogP contribution is 2.16. The second-order valence-corrected chi connectivity index (χ2v) is 20.6. The smallest absolute Gasteiger partial charge is 0.306 e. The highest BCUT2D eigenvalue weighted by atomic mass is 16.6. The van der Waals surface area contributed by atoms with Crippen LogP contribution in [-0.2, 0) is 28.6 Å². The van der Waals surface area contributed by atoms with Gasteiger partial charge < -0.3 is 14.2 Å². The molecule has 0 fully saturated rings. The molecule has 6 heteroatoms. The number of carbonyl (C=O) groups excluding carboxylic acids is 3. The lowest BCUT2D eigenvalue weighted by Gasteiger charge is -2.18. The van der Waals surface area contributed by atoms with Gasteiger partial charge in [0.15, 0.2) is 6.10 Å². The minimum absolute atomic E-state index is 0.0732. The monoisotopic (exact) mass is 1020 g/mol. The van der Waals surface area contributed by atoms with Crippen molar-refractivity contribution < 1.29 is 28.6 Å². The Morgan fingerprint density at radius 1 is 0.288 bits per heavy atom. The maximum atomic E-state index is 12.8. The molecule has 73 heavy (non-hydrogen) atoms. The molecule has 0 radical (unpaired) electrons. The molecule has 0 aromatic rings. The van der Waals surface area contributed by atoms with E-state index in [1.807, 2.05) is 0 Å². The van der Waals surface area contributed by atoms with Crippen molar-refractivity contribution >= 4 is 17.9 Å². The molecule has 0 heterocycles. The fraction of sp³-hybridized carbons (Fsp3) is 0.746. The van der Waals surface area contributed by atoms with E-state index in [0.717, 1.165) is 109 Å². The summed E-state index contributed by atoms with van der Waals surface area (Å²) < 4.78 is 16.9. The van der Waals surface area contributed by atoms with Gasteiger partial charge in [-0.2, -0.15) is 0 Å². The Labute approximate surface area is 452 Å². The summed E-state index contributed by atoms with van der Waals surface area (Å²) >= 11 is 0. The summed E-state index contributed by atoms with van der Waals surface area (Å²) in [6, 6.07) is 0. The van der Waals surface area contributed by atoms with Gasteiger partial charge in [0.25, 0.3) is 0 Å². The zero-order valence-electron chi connectivity index (χ0n) is 48.1. The molecule has 0 N–H and O–H groups in total. The van der Waals surface area contributed by atoms with E-state index in [4.69, 9.17) is 14.2 Å². The van der Waals surface area contributed by atoms with E-state index >= 15 is 0 Å². The van der Waals surface area contributed by atoms with Crippen LogP contribution in [0.4, 0.5) is 0 Å². The van der Waals surface area contributed by atoms with E-state index in [9.17, 15) is 14.4 Å². The molecule has 0 rings (SSSR count). The van der Waals surface area contributed by atoms with E-state index in [0.29, 0.717) is 19.3 Å². The van der Waals surface area contributed by atoms with Crippen molar-refractivity contribution in [1.29, 1.82) is 0 Å². The van der Waals surface area contributed by atoms with Gasteiger partial charge in [-0.1, -0.05) is 292 Å². The van der Waals surface area contributed by atoms with Crippen molar-refractivity contribution in [2.45, 2.75) is 309 Å². The van der Waals surface area contributed by atoms with Crippen molar-refractivity contribution in [2.75, 3.05) is 13.2 Å². The van der Waals surface area contributed by atoms with Crippen LogP contribution in [0.2, 0.25) is 0 Å². The first-order chi connectivity index (χ1) is 36.0. The molecule has 0 aliphatic carbocycles. The third-order valence-electron chi connectivity index (χ3n) is 13.4. The molecule has 0 aliphatic rings. The van der Waals surface area contributed by atoms with Crippen molar-refractivity contribution in [1.82, 2.24) is 0 Å². The Balaban J connectivity index is 4.19. The highest BCUT2D eigenvalue weighted by Gasteiger charge is 2.19. The predicted octanol–water partition coefficient (Wildman–Crippen LogP) is 21.1. The lowest BCUT2D eigenvalue weighted by Crippen LogP contribution is -2.30. The number of hydrogen-bond donors (Lipinski definition) is 0. The van der Waals surface area contributed by atoms with Crippen LogP contribution in [-0.4, -0.2) is 37.2 Å². The van der Waals surface area contributed by atoms with E-state index in [1.165, 1.54) is 154 Å². The van der Waals surface area contributed by atoms with Crippen LogP contribution in [0, 0.1) is 0 Å². The third-order valence-corrected chi connectivity index (χ3v) is 13.4. The standard InChI is InChI=1S/C67H116O6/c1-4-7-10-13-16-19-22-24-25-26-27-28-29-30-31-32-33-34-35-36-37-38-39-40-41-43-45-48-51-54-57-60-66(69)72-63-64(62-71-65(68)59-56-53-50-47-44-21-18-15-12-9-6-3)73-67(70)61-58-55-52-49-46-42-23-20-17-14-11-8-5-2/h7,10,16,19,24-25,27-28,30-31,33-34,36-37,64H,4-6,8-9,11-15,17-18,20-23,26,29,32,35,38-63H2,1-3H3/b10-7-,19-16-,25-24-,28-27-,31-30-,34-33-,37-36-. The van der Waals surface area contributed by atoms with Gasteiger partial charge in [-0.25, -0.2) is 0 Å². The summed E-state index contributed by atoms with van der Waals surface area (Å²) in [4.78, 5) is 38.1. The topological polar surface area (TPSA) is 78.9 Å². The fourth-order valence-electron chi connectivity index (χ4n) is 8.78. The van der Waals surface area contributed by atoms with Gasteiger partial charge in [0.1, 0.15) is 13.2 Å². The van der Waals surface area contributed by atoms with Crippen molar-refractivity contribution in [3.63, 3.8) is 0 Å². The largest absolute Gasteiger partial charge is 0.462 e. The molecular weight excluding hydrogens is 901 g/mol. The van der Waals surface area contributed by atoms with E-state index < -0.39 is 6.10 Å². The van der Waals surface area contributed by atoms with Gasteiger partial charge >= 0.3 is 17.9 Å². The number of unbranched alkanes of at least 4 members (excludes halogenated alkanes) is 31. The van der Waals surface area contributed by atoms with E-state index in [-0.39, 0.29) is 31.1 Å². The van der Waals surface area contributed by atoms with Crippen LogP contribution in [0.3, 0.4) is 0 Å². The van der Waals surface area contributed by atoms with Crippen molar-refractivity contribution in [3.05, 3.63) is 85.1 Å². The minimum atomic E-state index is -0.774. The third kappa shape index (κ3) is 59.3. The first kappa shape index (κ1) is 69.6. The molecule has 0 spiro atoms. The normalized spacial score (nSPS) is 12.6. The van der Waals surface area contributed by atoms with Crippen molar-refractivity contribution in [2.24, 2.45) is 0 Å². The number of ether oxygens (including phenoxy) is 3. The number of esters is 3. The summed E-state index contributed by atoms with van der Waals surface area (Å²) in [5.41, 5.74) is 0. The highest BCUT2D eigenvalue weighted by molar-refractivity contribution is 5.71. The summed E-state index contributed by atoms with van der Waals surface area (Å²) in [5, 5.41) is 0. The van der Waals surface area contributed by atoms with Gasteiger partial charge in [-0.05, 0) is 77.0 Å². The van der Waals surface area contributed by atoms with Gasteiger partial charge in [0.2, 0.25) is 0 Å². The molecule has 0 saturated carbocycles. The van der Waals surface area contributed by atoms with Crippen LogP contribution in [0.1, 0.15) is 303 Å². The molecule has 0 aromatic heterocycles. The molecule has 1 unspecified atom stereocenters. The van der Waals surface area contributed by atoms with Gasteiger partial charge in [0.05, 0.1) is 0 Å². The lowest BCUT2D eigenvalue weighted by molar-refractivity contribution is -0.167. The molecule has 420 valence electrons. The minimum Gasteiger partial charge on any atom is -0.462 e. The first-order valence-corrected chi connectivity index (χ1v) is 31.1. The van der Waals surface area contributed by atoms with Crippen LogP contribution in [0.5, 0.6) is 0 Å². The molecule has 0 aromatic carbocycles. The molecular formula is C67H116O6. The summed E-state index contributed by atoms with van der Waals surface area (Å²) in [6.45, 7) is 6.54. The Bertz CT molecular complexity index is 1400. The average molecular weight is 1020 g/mol. The summed E-state index contributed by atoms with van der Waals surface area (Å²) in [5.74, 6) is -0.869. The number of allylic oxidation sites excluding steroid dienone is 14. The summed E-state index contributed by atoms with van der Waals surface area (Å²) in [7, 11) is 0. The van der Waals surface area contributed by atoms with Crippen LogP contribution in [0.15, 0.2) is 85.1 Å². The maximum absolute atomic E-state index is 12.8. The van der Waals surface area contributed by atoms with Gasteiger partial charge in [0, 0.05) is 19.3 Å². The predicted molar refractivity (Wildman–Crippen MR) is 316 cm³/mol. The number of hydrogen-bond acceptors (Lipinski definition) is 6. The average Bonchev–Trinajstić information content (AvgIpc) is 3.39. The molecule has 0 saturated heterocycles. The fourth-order valence-corrected chi connectivity index (χ4v) is 8.78. The molecule has 0 amide bonds. The SMILES string of the molecule is CC/C=C\C/C=C\C/C=C\C/C=C\C/C=C\C/C=C\C/C=C\CCCCCCCCCCCC(=O)OCC(COC(=O)CCCCCCCCCCCCC)OC(=O)CCCCCCCCCCCCCCC. The Kier molecular flexibility index (Phi) is 58.3. The van der Waals surface area contributed by atoms with E-state index in [1.54, 1.807) is 0 Å².